The molecule has 1 rings (SSSR count). The van der Waals surface area contributed by atoms with E-state index in [9.17, 15) is 9.18 Å². The van der Waals surface area contributed by atoms with Crippen LogP contribution >= 0.6 is 0 Å². The highest BCUT2D eigenvalue weighted by molar-refractivity contribution is 6.58. The molecule has 0 aliphatic heterocycles. The summed E-state index contributed by atoms with van der Waals surface area (Å²) in [5, 5.41) is 17.4. The molecule has 0 aromatic heterocycles. The van der Waals surface area contributed by atoms with Crippen molar-refractivity contribution in [2.24, 2.45) is 0 Å². The molecule has 1 aromatic carbocycles. The lowest BCUT2D eigenvalue weighted by atomic mass is 9.79. The van der Waals surface area contributed by atoms with Crippen LogP contribution in [0.2, 0.25) is 0 Å². The molecule has 0 amide bonds. The van der Waals surface area contributed by atoms with Gasteiger partial charge in [-0.2, -0.15) is 0 Å². The van der Waals surface area contributed by atoms with Gasteiger partial charge in [0.1, 0.15) is 12.4 Å². The molecular formula is C8H8BFO4. The van der Waals surface area contributed by atoms with E-state index in [1.54, 1.807) is 0 Å². The first-order valence-corrected chi connectivity index (χ1v) is 3.85. The summed E-state index contributed by atoms with van der Waals surface area (Å²) in [6, 6.07) is 3.75. The van der Waals surface area contributed by atoms with Crippen molar-refractivity contribution >= 4 is 19.1 Å². The highest BCUT2D eigenvalue weighted by atomic mass is 19.1. The van der Waals surface area contributed by atoms with E-state index in [0.717, 1.165) is 6.07 Å². The molecule has 0 atom stereocenters. The lowest BCUT2D eigenvalue weighted by molar-refractivity contribution is -0.129. The number of benzene rings is 1. The second-order valence-corrected chi connectivity index (χ2v) is 2.64. The molecule has 14 heavy (non-hydrogen) atoms. The zero-order valence-electron chi connectivity index (χ0n) is 7.18. The quantitative estimate of drug-likeness (QED) is 0.489. The summed E-state index contributed by atoms with van der Waals surface area (Å²) in [7, 11) is -1.84. The number of ether oxygens (including phenoxy) is 1. The topological polar surface area (TPSA) is 66.8 Å². The number of halogens is 1. The number of hydrogen-bond acceptors (Lipinski definition) is 4. The van der Waals surface area contributed by atoms with Crippen molar-refractivity contribution in [2.45, 2.75) is 6.61 Å². The van der Waals surface area contributed by atoms with Crippen molar-refractivity contribution in [2.75, 3.05) is 0 Å². The van der Waals surface area contributed by atoms with E-state index in [1.807, 2.05) is 0 Å². The summed E-state index contributed by atoms with van der Waals surface area (Å²) in [5.74, 6) is -0.744. The van der Waals surface area contributed by atoms with Crippen LogP contribution in [-0.4, -0.2) is 23.6 Å². The molecule has 0 aliphatic carbocycles. The Kier molecular flexibility index (Phi) is 3.61. The monoisotopic (exact) mass is 198 g/mol. The fourth-order valence-corrected chi connectivity index (χ4v) is 1.00. The van der Waals surface area contributed by atoms with E-state index in [-0.39, 0.29) is 18.5 Å². The highest BCUT2D eigenvalue weighted by Gasteiger charge is 2.16. The maximum atomic E-state index is 13.1. The number of carbonyl (C=O) groups excluding carboxylic acids is 1. The van der Waals surface area contributed by atoms with Gasteiger partial charge in [0.2, 0.25) is 0 Å². The molecule has 4 nitrogen and oxygen atoms in total. The summed E-state index contributed by atoms with van der Waals surface area (Å²) in [6.07, 6.45) is 0. The summed E-state index contributed by atoms with van der Waals surface area (Å²) in [5.41, 5.74) is 0.235. The molecular weight excluding hydrogens is 190 g/mol. The van der Waals surface area contributed by atoms with Crippen molar-refractivity contribution < 1.29 is 24.0 Å². The summed E-state index contributed by atoms with van der Waals surface area (Å²) in [4.78, 5) is 9.84. The highest BCUT2D eigenvalue weighted by Crippen LogP contribution is 2.03. The standard InChI is InChI=1S/C8H8BFO4/c10-8-3-6(4-14-5-11)1-2-7(8)9(12)13/h1-3,5,12-13H,4H2. The lowest BCUT2D eigenvalue weighted by Crippen LogP contribution is -2.32. The molecule has 0 heterocycles. The van der Waals surface area contributed by atoms with E-state index in [4.69, 9.17) is 10.0 Å². The Morgan fingerprint density at radius 2 is 2.21 bits per heavy atom. The molecule has 0 unspecified atom stereocenters. The Morgan fingerprint density at radius 3 is 2.71 bits per heavy atom. The average Bonchev–Trinajstić information content (AvgIpc) is 2.14. The maximum absolute atomic E-state index is 13.1. The molecule has 6 heteroatoms. The van der Waals surface area contributed by atoms with Crippen LogP contribution in [0.3, 0.4) is 0 Å². The second kappa shape index (κ2) is 4.73. The lowest BCUT2D eigenvalue weighted by Gasteiger charge is -2.04. The van der Waals surface area contributed by atoms with Gasteiger partial charge in [-0.05, 0) is 11.6 Å². The zero-order valence-corrected chi connectivity index (χ0v) is 7.18. The summed E-state index contributed by atoms with van der Waals surface area (Å²) in [6.45, 7) is 0.217. The second-order valence-electron chi connectivity index (χ2n) is 2.64. The van der Waals surface area contributed by atoms with Gasteiger partial charge in [-0.25, -0.2) is 4.39 Å². The fourth-order valence-electron chi connectivity index (χ4n) is 1.00. The van der Waals surface area contributed by atoms with E-state index in [2.05, 4.69) is 4.74 Å². The SMILES string of the molecule is O=COCc1ccc(B(O)O)c(F)c1. The van der Waals surface area contributed by atoms with Crippen molar-refractivity contribution in [1.29, 1.82) is 0 Å². The fraction of sp³-hybridized carbons (Fsp3) is 0.125. The van der Waals surface area contributed by atoms with E-state index in [1.165, 1.54) is 12.1 Å². The third-order valence-electron chi connectivity index (χ3n) is 1.66. The molecule has 0 spiro atoms. The minimum absolute atomic E-state index is 0.0395. The Hall–Kier alpha value is -1.40. The molecule has 1 aromatic rings. The molecule has 0 fully saturated rings. The molecule has 0 bridgehead atoms. The first kappa shape index (κ1) is 10.7. The third kappa shape index (κ3) is 2.55. The predicted octanol–water partition coefficient (Wildman–Crippen LogP) is -0.822. The van der Waals surface area contributed by atoms with Crippen LogP contribution in [0.15, 0.2) is 18.2 Å². The number of hydrogen-bond donors (Lipinski definition) is 2. The predicted molar refractivity (Wildman–Crippen MR) is 47.1 cm³/mol. The van der Waals surface area contributed by atoms with Crippen molar-refractivity contribution in [1.82, 2.24) is 0 Å². The van der Waals surface area contributed by atoms with Gasteiger partial charge in [-0.3, -0.25) is 4.79 Å². The van der Waals surface area contributed by atoms with Crippen molar-refractivity contribution in [3.63, 3.8) is 0 Å². The minimum Gasteiger partial charge on any atom is -0.463 e. The van der Waals surface area contributed by atoms with Crippen LogP contribution < -0.4 is 5.46 Å². The Morgan fingerprint density at radius 1 is 1.50 bits per heavy atom. The molecule has 0 saturated heterocycles. The minimum atomic E-state index is -1.84. The largest absolute Gasteiger partial charge is 0.491 e. The molecule has 0 saturated carbocycles. The van der Waals surface area contributed by atoms with Crippen LogP contribution in [0.4, 0.5) is 4.39 Å². The van der Waals surface area contributed by atoms with Gasteiger partial charge in [-0.15, -0.1) is 0 Å². The number of carbonyl (C=O) groups is 1. The summed E-state index contributed by atoms with van der Waals surface area (Å²) < 4.78 is 17.5. The first-order valence-electron chi connectivity index (χ1n) is 3.85. The smallest absolute Gasteiger partial charge is 0.463 e. The van der Waals surface area contributed by atoms with Gasteiger partial charge >= 0.3 is 7.12 Å². The summed E-state index contributed by atoms with van der Waals surface area (Å²) >= 11 is 0. The van der Waals surface area contributed by atoms with E-state index < -0.39 is 12.9 Å². The van der Waals surface area contributed by atoms with Gasteiger partial charge in [0.25, 0.3) is 6.47 Å². The Balaban J connectivity index is 2.83. The van der Waals surface area contributed by atoms with Crippen molar-refractivity contribution in [3.05, 3.63) is 29.6 Å². The normalized spacial score (nSPS) is 9.64. The van der Waals surface area contributed by atoms with E-state index >= 15 is 0 Å². The van der Waals surface area contributed by atoms with Crippen LogP contribution in [0, 0.1) is 5.82 Å². The van der Waals surface area contributed by atoms with Gasteiger partial charge < -0.3 is 14.8 Å². The molecule has 0 radical (unpaired) electrons. The van der Waals surface area contributed by atoms with Crippen LogP contribution in [0.5, 0.6) is 0 Å². The van der Waals surface area contributed by atoms with Crippen LogP contribution in [0.1, 0.15) is 5.56 Å². The molecule has 74 valence electrons. The van der Waals surface area contributed by atoms with Gasteiger partial charge in [0.15, 0.2) is 0 Å². The maximum Gasteiger partial charge on any atom is 0.491 e. The zero-order chi connectivity index (χ0) is 10.6. The van der Waals surface area contributed by atoms with Crippen LogP contribution in [-0.2, 0) is 16.1 Å². The number of rotatable bonds is 4. The third-order valence-corrected chi connectivity index (χ3v) is 1.66. The Labute approximate surface area is 80.1 Å². The first-order chi connectivity index (χ1) is 6.65. The Bertz CT molecular complexity index is 329. The van der Waals surface area contributed by atoms with Gasteiger partial charge in [0, 0.05) is 5.46 Å². The average molecular weight is 198 g/mol. The van der Waals surface area contributed by atoms with Crippen molar-refractivity contribution in [3.8, 4) is 0 Å². The molecule has 0 aliphatic rings. The van der Waals surface area contributed by atoms with Gasteiger partial charge in [-0.1, -0.05) is 12.1 Å². The molecule has 2 N–H and O–H groups in total. The van der Waals surface area contributed by atoms with Gasteiger partial charge in [0.05, 0.1) is 0 Å². The van der Waals surface area contributed by atoms with E-state index in [0.29, 0.717) is 5.56 Å². The van der Waals surface area contributed by atoms with Crippen LogP contribution in [0.25, 0.3) is 0 Å².